The van der Waals surface area contributed by atoms with E-state index in [4.69, 9.17) is 42.4 Å². The molecule has 14 heteroatoms. The predicted molar refractivity (Wildman–Crippen MR) is 277 cm³/mol. The second kappa shape index (κ2) is 29.3. The number of cyclic esters (lactones) is 2. The minimum atomic E-state index is -0.408. The van der Waals surface area contributed by atoms with E-state index in [0.29, 0.717) is 82.9 Å². The lowest BCUT2D eigenvalue weighted by Crippen LogP contribution is -2.26. The van der Waals surface area contributed by atoms with Crippen LogP contribution >= 0.6 is 23.2 Å². The topological polar surface area (TPSA) is 154 Å². The molecule has 0 radical (unpaired) electrons. The SMILES string of the molecule is Cc1cc(C)c2c(c1Cl)CC(=N/OCC(=O)NCc1ccccc1)/C=C/CC/C=C/CCOC2=O.Cc1cc(C)c2c(c1Cl)CC(=N\OCC(=O)NCc1ccccc1)/C=C/CC/C=C/CCOC2=O. The first kappa shape index (κ1) is 54.2. The number of amides is 2. The van der Waals surface area contributed by atoms with Crippen molar-refractivity contribution in [1.82, 2.24) is 10.6 Å². The first-order valence-electron chi connectivity index (χ1n) is 23.4. The molecule has 4 aromatic carbocycles. The van der Waals surface area contributed by atoms with Crippen LogP contribution in [0.2, 0.25) is 10.0 Å². The lowest BCUT2D eigenvalue weighted by Gasteiger charge is -2.16. The molecule has 0 fully saturated rings. The summed E-state index contributed by atoms with van der Waals surface area (Å²) in [6.07, 6.45) is 21.1. The Balaban J connectivity index is 0.000000261. The van der Waals surface area contributed by atoms with Crippen molar-refractivity contribution in [3.63, 3.8) is 0 Å². The Kier molecular flexibility index (Phi) is 22.7. The lowest BCUT2D eigenvalue weighted by molar-refractivity contribution is -0.126. The maximum Gasteiger partial charge on any atom is 0.338 e. The van der Waals surface area contributed by atoms with Crippen molar-refractivity contribution in [3.05, 3.63) is 187 Å². The van der Waals surface area contributed by atoms with Crippen LogP contribution in [0.1, 0.15) is 104 Å². The van der Waals surface area contributed by atoms with Crippen LogP contribution in [0.4, 0.5) is 0 Å². The van der Waals surface area contributed by atoms with Crippen molar-refractivity contribution >= 4 is 58.4 Å². The number of hydrogen-bond acceptors (Lipinski definition) is 10. The zero-order valence-corrected chi connectivity index (χ0v) is 41.9. The number of benzene rings is 4. The molecule has 2 heterocycles. The highest BCUT2D eigenvalue weighted by Gasteiger charge is 2.23. The van der Waals surface area contributed by atoms with E-state index in [1.807, 2.05) is 137 Å². The lowest BCUT2D eigenvalue weighted by atomic mass is 9.94. The highest BCUT2D eigenvalue weighted by Crippen LogP contribution is 2.31. The fraction of sp³-hybridized carbons (Fsp3) is 0.321. The van der Waals surface area contributed by atoms with E-state index in [0.717, 1.165) is 59.1 Å². The van der Waals surface area contributed by atoms with Crippen molar-refractivity contribution in [2.24, 2.45) is 10.3 Å². The fourth-order valence-electron chi connectivity index (χ4n) is 7.52. The smallest absolute Gasteiger partial charge is 0.338 e. The highest BCUT2D eigenvalue weighted by molar-refractivity contribution is 6.33. The van der Waals surface area contributed by atoms with Crippen LogP contribution in [-0.4, -0.2) is 61.6 Å². The summed E-state index contributed by atoms with van der Waals surface area (Å²) in [5.41, 5.74) is 8.60. The van der Waals surface area contributed by atoms with E-state index in [1.165, 1.54) is 0 Å². The van der Waals surface area contributed by atoms with Gasteiger partial charge in [-0.05, 0) is 123 Å². The van der Waals surface area contributed by atoms with Gasteiger partial charge in [0.05, 0.1) is 35.8 Å². The van der Waals surface area contributed by atoms with Gasteiger partial charge in [-0.3, -0.25) is 9.59 Å². The number of halogens is 2. The van der Waals surface area contributed by atoms with Crippen molar-refractivity contribution in [3.8, 4) is 0 Å². The van der Waals surface area contributed by atoms with Crippen molar-refractivity contribution in [1.29, 1.82) is 0 Å². The van der Waals surface area contributed by atoms with Gasteiger partial charge in [-0.1, -0.05) is 143 Å². The number of carbonyl (C=O) groups is 4. The Morgan fingerprint density at radius 3 is 1.31 bits per heavy atom. The quantitative estimate of drug-likeness (QED) is 0.0904. The van der Waals surface area contributed by atoms with E-state index in [-0.39, 0.29) is 37.9 Å². The number of aryl methyl sites for hydroxylation is 4. The van der Waals surface area contributed by atoms with Gasteiger partial charge in [-0.25, -0.2) is 9.59 Å². The summed E-state index contributed by atoms with van der Waals surface area (Å²) in [5.74, 6) is -1.37. The van der Waals surface area contributed by atoms with Crippen molar-refractivity contribution < 1.29 is 38.3 Å². The molecule has 12 nitrogen and oxygen atoms in total. The number of allylic oxidation sites excluding steroid dienone is 6. The molecule has 0 atom stereocenters. The monoisotopic (exact) mass is 988 g/mol. The zero-order valence-electron chi connectivity index (χ0n) is 40.4. The summed E-state index contributed by atoms with van der Waals surface area (Å²) in [4.78, 5) is 61.0. The molecule has 4 aromatic rings. The second-order valence-electron chi connectivity index (χ2n) is 16.7. The molecule has 2 N–H and O–H groups in total. The fourth-order valence-corrected chi connectivity index (χ4v) is 7.95. The molecule has 2 amide bonds. The molecule has 0 bridgehead atoms. The van der Waals surface area contributed by atoms with Gasteiger partial charge >= 0.3 is 11.9 Å². The van der Waals surface area contributed by atoms with Crippen LogP contribution in [0.3, 0.4) is 0 Å². The maximum absolute atomic E-state index is 12.9. The third kappa shape index (κ3) is 18.0. The Morgan fingerprint density at radius 1 is 0.543 bits per heavy atom. The molecule has 0 spiro atoms. The summed E-state index contributed by atoms with van der Waals surface area (Å²) in [5, 5.41) is 15.0. The average Bonchev–Trinajstić information content (AvgIpc) is 3.34. The van der Waals surface area contributed by atoms with Gasteiger partial charge in [0, 0.05) is 36.0 Å². The molecular weight excluding hydrogens is 928 g/mol. The molecule has 0 saturated heterocycles. The Morgan fingerprint density at radius 2 is 0.914 bits per heavy atom. The summed E-state index contributed by atoms with van der Waals surface area (Å²) < 4.78 is 11.0. The first-order chi connectivity index (χ1) is 33.9. The Bertz CT molecular complexity index is 2430. The molecule has 6 rings (SSSR count). The predicted octanol–water partition coefficient (Wildman–Crippen LogP) is 11.3. The van der Waals surface area contributed by atoms with Crippen molar-refractivity contribution in [2.75, 3.05) is 26.4 Å². The molecular formula is C56H62Cl2N4O8. The average molecular weight is 990 g/mol. The molecule has 70 heavy (non-hydrogen) atoms. The summed E-state index contributed by atoms with van der Waals surface area (Å²) in [6.45, 7) is 8.53. The third-order valence-electron chi connectivity index (χ3n) is 11.0. The largest absolute Gasteiger partial charge is 0.462 e. The third-order valence-corrected chi connectivity index (χ3v) is 12.1. The summed E-state index contributed by atoms with van der Waals surface area (Å²) in [6, 6.07) is 23.0. The van der Waals surface area contributed by atoms with E-state index in [2.05, 4.69) is 33.1 Å². The van der Waals surface area contributed by atoms with Gasteiger partial charge < -0.3 is 29.8 Å². The first-order valence-corrected chi connectivity index (χ1v) is 24.2. The van der Waals surface area contributed by atoms with Crippen LogP contribution in [0.15, 0.2) is 132 Å². The molecule has 2 aliphatic rings. The van der Waals surface area contributed by atoms with Gasteiger partial charge in [-0.2, -0.15) is 0 Å². The minimum absolute atomic E-state index is 0.220. The molecule has 368 valence electrons. The number of fused-ring (bicyclic) bond motifs is 2. The van der Waals surface area contributed by atoms with E-state index >= 15 is 0 Å². The highest BCUT2D eigenvalue weighted by atomic mass is 35.5. The maximum atomic E-state index is 12.9. The number of rotatable bonds is 10. The van der Waals surface area contributed by atoms with Crippen LogP contribution < -0.4 is 10.6 Å². The number of ether oxygens (including phenoxy) is 2. The van der Waals surface area contributed by atoms with Gasteiger partial charge in [0.25, 0.3) is 11.8 Å². The Labute approximate surface area is 421 Å². The summed E-state index contributed by atoms with van der Waals surface area (Å²) >= 11 is 13.3. The zero-order chi connectivity index (χ0) is 50.1. The van der Waals surface area contributed by atoms with Gasteiger partial charge in [0.1, 0.15) is 0 Å². The molecule has 0 unspecified atom stereocenters. The van der Waals surface area contributed by atoms with Gasteiger partial charge in [0.2, 0.25) is 0 Å². The minimum Gasteiger partial charge on any atom is -0.462 e. The number of hydrogen-bond donors (Lipinski definition) is 2. The number of nitrogens with one attached hydrogen (secondary N) is 2. The Hall–Kier alpha value is -6.76. The van der Waals surface area contributed by atoms with E-state index < -0.39 is 11.9 Å². The molecule has 0 aromatic heterocycles. The second-order valence-corrected chi connectivity index (χ2v) is 17.5. The number of oxime groups is 2. The normalized spacial score (nSPS) is 17.6. The summed E-state index contributed by atoms with van der Waals surface area (Å²) in [7, 11) is 0. The molecule has 2 aliphatic heterocycles. The number of esters is 2. The van der Waals surface area contributed by atoms with Crippen LogP contribution in [0.25, 0.3) is 0 Å². The van der Waals surface area contributed by atoms with Gasteiger partial charge in [0.15, 0.2) is 13.2 Å². The van der Waals surface area contributed by atoms with Gasteiger partial charge in [-0.15, -0.1) is 0 Å². The number of nitrogens with zero attached hydrogens (tertiary/aromatic N) is 2. The standard InChI is InChI=1S/2C28H31ClN2O4/c2*1-20-16-21(2)27(29)24-17-23(14-10-5-3-4-6-11-15-34-28(33)26(20)24)31-35-19-25(32)30-18-22-12-8-7-9-13-22/h2*4,6-10,12-14,16H,3,5,11,15,17-19H2,1-2H3,(H,30,32)/b6-4+,14-10+,31-23+;6-4+,14-10+,31-23-. The molecule has 0 aliphatic carbocycles. The van der Waals surface area contributed by atoms with Crippen LogP contribution in [0, 0.1) is 27.7 Å². The number of carbonyl (C=O) groups excluding carboxylic acids is 4. The van der Waals surface area contributed by atoms with Crippen molar-refractivity contribution in [2.45, 2.75) is 92.2 Å². The van der Waals surface area contributed by atoms with Crippen LogP contribution in [-0.2, 0) is 54.7 Å². The van der Waals surface area contributed by atoms with E-state index in [9.17, 15) is 19.2 Å². The molecule has 0 saturated carbocycles. The van der Waals surface area contributed by atoms with Crippen LogP contribution in [0.5, 0.6) is 0 Å². The van der Waals surface area contributed by atoms with E-state index in [1.54, 1.807) is 0 Å².